The number of aliphatic hydroxyl groups is 1. The van der Waals surface area contributed by atoms with Crippen molar-refractivity contribution in [3.05, 3.63) is 114 Å². The van der Waals surface area contributed by atoms with Gasteiger partial charge in [-0.15, -0.1) is 0 Å². The molecule has 9 nitrogen and oxygen atoms in total. The largest absolute Gasteiger partial charge is 0.486 e. The number of para-hydroxylation sites is 2. The second-order valence-electron chi connectivity index (χ2n) is 11.5. The Labute approximate surface area is 265 Å². The number of likely N-dealkylation sites (N-methyl/N-ethyl adjacent to an activating group) is 1. The number of nitrogens with zero attached hydrogens (tertiary/aromatic N) is 2. The van der Waals surface area contributed by atoms with E-state index in [1.54, 1.807) is 48.2 Å². The first-order valence-electron chi connectivity index (χ1n) is 14.9. The number of carbonyl (C=O) groups is 1. The maximum absolute atomic E-state index is 13.8. The van der Waals surface area contributed by atoms with E-state index in [-0.39, 0.29) is 40.3 Å². The van der Waals surface area contributed by atoms with Crippen LogP contribution in [-0.4, -0.2) is 68.1 Å². The third-order valence-electron chi connectivity index (χ3n) is 7.84. The molecule has 236 valence electrons. The fraction of sp³-hybridized carbons (Fsp3) is 0.286. The van der Waals surface area contributed by atoms with Gasteiger partial charge in [-0.1, -0.05) is 61.5 Å². The fourth-order valence-electron chi connectivity index (χ4n) is 5.32. The third kappa shape index (κ3) is 7.83. The summed E-state index contributed by atoms with van der Waals surface area (Å²) < 4.78 is 41.7. The number of benzene rings is 4. The van der Waals surface area contributed by atoms with Gasteiger partial charge < -0.3 is 19.5 Å². The van der Waals surface area contributed by atoms with Crippen LogP contribution in [0.25, 0.3) is 0 Å². The Morgan fingerprint density at radius 2 is 1.60 bits per heavy atom. The van der Waals surface area contributed by atoms with Crippen molar-refractivity contribution < 1.29 is 27.8 Å². The van der Waals surface area contributed by atoms with Crippen LogP contribution in [0.1, 0.15) is 29.8 Å². The second kappa shape index (κ2) is 14.2. The molecule has 4 aromatic carbocycles. The van der Waals surface area contributed by atoms with E-state index in [1.807, 2.05) is 68.6 Å². The molecule has 0 bridgehead atoms. The molecule has 1 amide bonds. The van der Waals surface area contributed by atoms with E-state index in [1.165, 1.54) is 12.1 Å². The minimum absolute atomic E-state index is 0.0974. The lowest BCUT2D eigenvalue weighted by Crippen LogP contribution is -2.49. The molecule has 0 unspecified atom stereocenters. The Morgan fingerprint density at radius 1 is 0.956 bits per heavy atom. The molecule has 0 saturated carbocycles. The van der Waals surface area contributed by atoms with Gasteiger partial charge in [0.2, 0.25) is 0 Å². The van der Waals surface area contributed by atoms with Gasteiger partial charge in [0.15, 0.2) is 5.75 Å². The highest BCUT2D eigenvalue weighted by atomic mass is 32.2. The zero-order chi connectivity index (χ0) is 32.0. The molecule has 1 aliphatic heterocycles. The summed E-state index contributed by atoms with van der Waals surface area (Å²) in [5.74, 6) is 1.22. The summed E-state index contributed by atoms with van der Waals surface area (Å²) in [6.45, 7) is 5.08. The molecular weight excluding hydrogens is 590 g/mol. The van der Waals surface area contributed by atoms with Crippen LogP contribution in [0.15, 0.2) is 108 Å². The van der Waals surface area contributed by atoms with Crippen LogP contribution in [0.4, 0.5) is 5.69 Å². The van der Waals surface area contributed by atoms with Crippen LogP contribution in [-0.2, 0) is 16.6 Å². The molecule has 0 fully saturated rings. The van der Waals surface area contributed by atoms with Gasteiger partial charge in [-0.25, -0.2) is 8.42 Å². The van der Waals surface area contributed by atoms with Gasteiger partial charge in [0.05, 0.1) is 28.8 Å². The summed E-state index contributed by atoms with van der Waals surface area (Å²) in [6, 6.07) is 30.0. The lowest BCUT2D eigenvalue weighted by atomic mass is 9.99. The standard InChI is InChI=1S/C35H39N3O6S/c1-25-21-38(26(2)24-39)35(40)31-15-10-16-32(36-45(41,42)30-13-8-5-9-14-30)34(31)44-33(25)23-37(3)22-27-17-19-29(20-18-27)43-28-11-6-4-7-12-28/h4-20,25-26,33,36,39H,21-24H2,1-3H3/t25-,26+,33-/m0/s1. The molecule has 3 atom stereocenters. The van der Waals surface area contributed by atoms with Crippen molar-refractivity contribution in [2.45, 2.75) is 37.4 Å². The van der Waals surface area contributed by atoms with Crippen molar-refractivity contribution in [3.63, 3.8) is 0 Å². The predicted octanol–water partition coefficient (Wildman–Crippen LogP) is 5.63. The molecule has 5 rings (SSSR count). The Morgan fingerprint density at radius 3 is 2.27 bits per heavy atom. The number of hydrogen-bond donors (Lipinski definition) is 2. The van der Waals surface area contributed by atoms with Gasteiger partial charge in [-0.05, 0) is 68.1 Å². The van der Waals surface area contributed by atoms with Crippen molar-refractivity contribution in [2.75, 3.05) is 31.5 Å². The highest BCUT2D eigenvalue weighted by molar-refractivity contribution is 7.92. The number of sulfonamides is 1. The zero-order valence-corrected chi connectivity index (χ0v) is 26.5. The number of rotatable bonds is 11. The van der Waals surface area contributed by atoms with E-state index >= 15 is 0 Å². The van der Waals surface area contributed by atoms with Gasteiger partial charge in [0.25, 0.3) is 15.9 Å². The summed E-state index contributed by atoms with van der Waals surface area (Å²) in [5, 5.41) is 9.98. The monoisotopic (exact) mass is 629 g/mol. The van der Waals surface area contributed by atoms with Crippen LogP contribution < -0.4 is 14.2 Å². The maximum Gasteiger partial charge on any atom is 0.262 e. The van der Waals surface area contributed by atoms with Crippen LogP contribution in [0.5, 0.6) is 17.2 Å². The number of ether oxygens (including phenoxy) is 2. The quantitative estimate of drug-likeness (QED) is 0.221. The normalized spacial score (nSPS) is 17.5. The van der Waals surface area contributed by atoms with Crippen LogP contribution in [0, 0.1) is 5.92 Å². The highest BCUT2D eigenvalue weighted by Gasteiger charge is 2.35. The number of carbonyl (C=O) groups excluding carboxylic acids is 1. The molecule has 1 aliphatic rings. The molecule has 0 aliphatic carbocycles. The van der Waals surface area contributed by atoms with Crippen molar-refractivity contribution >= 4 is 21.6 Å². The van der Waals surface area contributed by atoms with Gasteiger partial charge in [0.1, 0.15) is 17.6 Å². The molecule has 1 heterocycles. The van der Waals surface area contributed by atoms with Crippen LogP contribution in [0.3, 0.4) is 0 Å². The second-order valence-corrected chi connectivity index (χ2v) is 13.2. The van der Waals surface area contributed by atoms with Crippen LogP contribution in [0.2, 0.25) is 0 Å². The van der Waals surface area contributed by atoms with E-state index in [0.717, 1.165) is 17.1 Å². The van der Waals surface area contributed by atoms with Gasteiger partial charge in [-0.2, -0.15) is 0 Å². The van der Waals surface area contributed by atoms with Crippen molar-refractivity contribution in [1.82, 2.24) is 9.80 Å². The molecule has 0 spiro atoms. The highest BCUT2D eigenvalue weighted by Crippen LogP contribution is 2.36. The number of amides is 1. The van der Waals surface area contributed by atoms with Crippen molar-refractivity contribution in [2.24, 2.45) is 5.92 Å². The smallest absolute Gasteiger partial charge is 0.262 e. The first-order chi connectivity index (χ1) is 21.6. The molecule has 0 saturated heterocycles. The van der Waals surface area contributed by atoms with E-state index in [2.05, 4.69) is 9.62 Å². The van der Waals surface area contributed by atoms with Crippen molar-refractivity contribution in [1.29, 1.82) is 0 Å². The maximum atomic E-state index is 13.8. The third-order valence-corrected chi connectivity index (χ3v) is 9.22. The Bertz CT molecular complexity index is 1680. The number of aliphatic hydroxyl groups excluding tert-OH is 1. The molecule has 2 N–H and O–H groups in total. The Balaban J connectivity index is 1.39. The van der Waals surface area contributed by atoms with E-state index in [0.29, 0.717) is 19.6 Å². The van der Waals surface area contributed by atoms with Gasteiger partial charge in [-0.3, -0.25) is 14.4 Å². The Hall–Kier alpha value is -4.38. The first kappa shape index (κ1) is 32.0. The van der Waals surface area contributed by atoms with Crippen LogP contribution >= 0.6 is 0 Å². The van der Waals surface area contributed by atoms with Gasteiger partial charge in [0, 0.05) is 25.6 Å². The van der Waals surface area contributed by atoms with E-state index < -0.39 is 22.2 Å². The van der Waals surface area contributed by atoms with E-state index in [4.69, 9.17) is 9.47 Å². The summed E-state index contributed by atoms with van der Waals surface area (Å²) >= 11 is 0. The molecule has 4 aromatic rings. The average Bonchev–Trinajstić information content (AvgIpc) is 3.04. The van der Waals surface area contributed by atoms with E-state index in [9.17, 15) is 18.3 Å². The number of hydrogen-bond acceptors (Lipinski definition) is 7. The summed E-state index contributed by atoms with van der Waals surface area (Å²) in [4.78, 5) is 17.6. The summed E-state index contributed by atoms with van der Waals surface area (Å²) in [7, 11) is -1.96. The number of fused-ring (bicyclic) bond motifs is 1. The lowest BCUT2D eigenvalue weighted by molar-refractivity contribution is 0.0344. The first-order valence-corrected chi connectivity index (χ1v) is 16.4. The average molecular weight is 630 g/mol. The molecule has 0 radical (unpaired) electrons. The molecule has 0 aromatic heterocycles. The lowest BCUT2D eigenvalue weighted by Gasteiger charge is -2.38. The molecule has 45 heavy (non-hydrogen) atoms. The summed E-state index contributed by atoms with van der Waals surface area (Å²) in [6.07, 6.45) is -0.404. The molecule has 10 heteroatoms. The van der Waals surface area contributed by atoms with Gasteiger partial charge >= 0.3 is 0 Å². The minimum atomic E-state index is -3.95. The van der Waals surface area contributed by atoms with Crippen molar-refractivity contribution in [3.8, 4) is 17.2 Å². The minimum Gasteiger partial charge on any atom is -0.486 e. The Kier molecular flexibility index (Phi) is 10.1. The number of anilines is 1. The topological polar surface area (TPSA) is 108 Å². The number of nitrogens with one attached hydrogen (secondary N) is 1. The zero-order valence-electron chi connectivity index (χ0n) is 25.7. The fourth-order valence-corrected chi connectivity index (χ4v) is 6.40. The molecular formula is C35H39N3O6S. The summed E-state index contributed by atoms with van der Waals surface area (Å²) in [5.41, 5.74) is 1.49. The predicted molar refractivity (Wildman–Crippen MR) is 174 cm³/mol. The SMILES string of the molecule is C[C@H](CO)N1C[C@H](C)[C@H](CN(C)Cc2ccc(Oc3ccccc3)cc2)Oc2c(NS(=O)(=O)c3ccccc3)cccc2C1=O.